The fraction of sp³-hybridized carbons (Fsp3) is 0.182. The fourth-order valence-electron chi connectivity index (χ4n) is 3.67. The first-order chi connectivity index (χ1) is 15.0. The molecule has 0 spiro atoms. The van der Waals surface area contributed by atoms with Gasteiger partial charge in [0.15, 0.2) is 0 Å². The summed E-state index contributed by atoms with van der Waals surface area (Å²) in [5.74, 6) is 0. The maximum absolute atomic E-state index is 11.9. The van der Waals surface area contributed by atoms with Gasteiger partial charge in [-0.2, -0.15) is 0 Å². The Hall–Kier alpha value is -2.48. The second kappa shape index (κ2) is 9.34. The number of thioether (sulfide) groups is 1. The van der Waals surface area contributed by atoms with E-state index in [2.05, 4.69) is 32.5 Å². The van der Waals surface area contributed by atoms with Crippen molar-refractivity contribution in [2.75, 3.05) is 6.54 Å². The van der Waals surface area contributed by atoms with Gasteiger partial charge >= 0.3 is 0 Å². The largest absolute Gasteiger partial charge is 0.293 e. The molecule has 1 aliphatic heterocycles. The fourth-order valence-corrected chi connectivity index (χ4v) is 5.86. The lowest BCUT2D eigenvalue weighted by molar-refractivity contribution is 0.243. The van der Waals surface area contributed by atoms with Crippen LogP contribution >= 0.6 is 23.4 Å². The Morgan fingerprint density at radius 3 is 2.52 bits per heavy atom. The maximum Gasteiger partial charge on any atom is 0.264 e. The molecule has 6 nitrogen and oxygen atoms in total. The summed E-state index contributed by atoms with van der Waals surface area (Å²) in [5.41, 5.74) is 11.8. The Labute approximate surface area is 190 Å². The van der Waals surface area contributed by atoms with Gasteiger partial charge in [0, 0.05) is 44.2 Å². The molecule has 3 aromatic carbocycles. The quantitative estimate of drug-likeness (QED) is 0.244. The van der Waals surface area contributed by atoms with E-state index in [0.29, 0.717) is 6.54 Å². The number of benzene rings is 3. The minimum Gasteiger partial charge on any atom is -0.293 e. The number of azide groups is 1. The Bertz CT molecular complexity index is 1230. The van der Waals surface area contributed by atoms with Gasteiger partial charge in [-0.3, -0.25) is 4.90 Å². The van der Waals surface area contributed by atoms with Crippen LogP contribution in [0.5, 0.6) is 0 Å². The first kappa shape index (κ1) is 21.7. The molecule has 0 amide bonds. The van der Waals surface area contributed by atoms with E-state index in [1.165, 1.54) is 22.6 Å². The second-order valence-corrected chi connectivity index (χ2v) is 10.5. The van der Waals surface area contributed by atoms with E-state index >= 15 is 0 Å². The zero-order valence-corrected chi connectivity index (χ0v) is 18.8. The van der Waals surface area contributed by atoms with E-state index in [9.17, 15) is 8.42 Å². The van der Waals surface area contributed by atoms with Crippen LogP contribution in [0.15, 0.2) is 87.1 Å². The van der Waals surface area contributed by atoms with Gasteiger partial charge < -0.3 is 0 Å². The van der Waals surface area contributed by atoms with Crippen molar-refractivity contribution in [2.45, 2.75) is 28.1 Å². The molecule has 158 valence electrons. The molecule has 0 fully saturated rings. The number of sulfonamides is 1. The topological polar surface area (TPSA) is 86.1 Å². The molecule has 0 N–H and O–H groups in total. The average Bonchev–Trinajstić information content (AvgIpc) is 2.76. The van der Waals surface area contributed by atoms with Gasteiger partial charge in [0.05, 0.1) is 4.90 Å². The van der Waals surface area contributed by atoms with Gasteiger partial charge in [0.25, 0.3) is 10.0 Å². The van der Waals surface area contributed by atoms with Crippen LogP contribution in [0.1, 0.15) is 21.9 Å². The third-order valence-corrected chi connectivity index (χ3v) is 7.84. The molecule has 1 unspecified atom stereocenters. The van der Waals surface area contributed by atoms with Crippen LogP contribution in [0.4, 0.5) is 0 Å². The van der Waals surface area contributed by atoms with Gasteiger partial charge in [0.1, 0.15) is 0 Å². The van der Waals surface area contributed by atoms with Crippen LogP contribution in [-0.2, 0) is 23.1 Å². The molecule has 1 heterocycles. The van der Waals surface area contributed by atoms with Crippen LogP contribution in [0, 0.1) is 0 Å². The van der Waals surface area contributed by atoms with E-state index in [0.717, 1.165) is 29.2 Å². The second-order valence-electron chi connectivity index (χ2n) is 7.19. The third kappa shape index (κ3) is 5.06. The van der Waals surface area contributed by atoms with Gasteiger partial charge in [-0.15, -0.1) is 11.8 Å². The smallest absolute Gasteiger partial charge is 0.264 e. The van der Waals surface area contributed by atoms with Gasteiger partial charge in [-0.05, 0) is 52.6 Å². The summed E-state index contributed by atoms with van der Waals surface area (Å²) in [6.07, 6.45) is 0. The molecule has 0 saturated carbocycles. The predicted octanol–water partition coefficient (Wildman–Crippen LogP) is 6.19. The summed E-state index contributed by atoms with van der Waals surface area (Å²) in [7, 11) is -3.98. The summed E-state index contributed by atoms with van der Waals surface area (Å²) >= 11 is 8.35. The SMILES string of the molecule is [N-]=[N+]=NS(=O)(=O)c1ccc(CN2Cc3c(Cl)cccc3C(Sc3ccccc3)C2)cc1. The van der Waals surface area contributed by atoms with E-state index in [1.54, 1.807) is 12.1 Å². The minimum atomic E-state index is -3.98. The minimum absolute atomic E-state index is 0.0152. The van der Waals surface area contributed by atoms with Crippen LogP contribution in [-0.4, -0.2) is 19.9 Å². The number of hydrogen-bond acceptors (Lipinski definition) is 4. The Balaban J connectivity index is 1.57. The first-order valence-corrected chi connectivity index (χ1v) is 12.3. The van der Waals surface area contributed by atoms with E-state index in [4.69, 9.17) is 17.1 Å². The standard InChI is InChI=1S/C22H19ClN4O2S2/c23-21-8-4-7-19-20(21)14-27(15-22(19)30-17-5-2-1-3-6-17)13-16-9-11-18(12-10-16)31(28,29)26-25-24/h1-12,22H,13-15H2. The zero-order valence-electron chi connectivity index (χ0n) is 16.4. The Morgan fingerprint density at radius 2 is 1.81 bits per heavy atom. The van der Waals surface area contributed by atoms with Crippen molar-refractivity contribution in [3.05, 3.63) is 105 Å². The van der Waals surface area contributed by atoms with Crippen molar-refractivity contribution >= 4 is 33.4 Å². The van der Waals surface area contributed by atoms with Crippen molar-refractivity contribution in [3.63, 3.8) is 0 Å². The number of fused-ring (bicyclic) bond motifs is 1. The van der Waals surface area contributed by atoms with Gasteiger partial charge in [0.2, 0.25) is 0 Å². The Kier molecular flexibility index (Phi) is 6.55. The molecule has 1 aliphatic rings. The molecular weight excluding hydrogens is 452 g/mol. The molecule has 0 radical (unpaired) electrons. The molecule has 3 aromatic rings. The molecule has 31 heavy (non-hydrogen) atoms. The Morgan fingerprint density at radius 1 is 1.06 bits per heavy atom. The number of nitrogens with zero attached hydrogens (tertiary/aromatic N) is 4. The normalized spacial score (nSPS) is 16.4. The van der Waals surface area contributed by atoms with E-state index in [1.807, 2.05) is 42.1 Å². The highest BCUT2D eigenvalue weighted by Gasteiger charge is 2.27. The lowest BCUT2D eigenvalue weighted by atomic mass is 9.99. The highest BCUT2D eigenvalue weighted by atomic mass is 35.5. The molecule has 1 atom stereocenters. The van der Waals surface area contributed by atoms with E-state index in [-0.39, 0.29) is 10.1 Å². The van der Waals surface area contributed by atoms with Crippen molar-refractivity contribution in [1.29, 1.82) is 0 Å². The third-order valence-electron chi connectivity index (χ3n) is 5.10. The average molecular weight is 471 g/mol. The number of halogens is 1. The van der Waals surface area contributed by atoms with Crippen LogP contribution in [0.3, 0.4) is 0 Å². The van der Waals surface area contributed by atoms with Crippen molar-refractivity contribution in [2.24, 2.45) is 4.52 Å². The molecule has 0 aliphatic carbocycles. The first-order valence-electron chi connectivity index (χ1n) is 9.58. The lowest BCUT2D eigenvalue weighted by Gasteiger charge is -2.35. The predicted molar refractivity (Wildman–Crippen MR) is 123 cm³/mol. The summed E-state index contributed by atoms with van der Waals surface area (Å²) in [4.78, 5) is 5.88. The molecular formula is C22H19ClN4O2S2. The van der Waals surface area contributed by atoms with Crippen LogP contribution < -0.4 is 0 Å². The highest BCUT2D eigenvalue weighted by Crippen LogP contribution is 2.42. The van der Waals surface area contributed by atoms with Crippen molar-refractivity contribution in [3.8, 4) is 0 Å². The van der Waals surface area contributed by atoms with Crippen molar-refractivity contribution in [1.82, 2.24) is 4.90 Å². The molecule has 0 bridgehead atoms. The summed E-state index contributed by atoms with van der Waals surface area (Å²) in [5, 5.41) is 0.992. The van der Waals surface area contributed by atoms with Crippen molar-refractivity contribution < 1.29 is 8.42 Å². The summed E-state index contributed by atoms with van der Waals surface area (Å²) in [6.45, 7) is 2.21. The van der Waals surface area contributed by atoms with Crippen LogP contribution in [0.25, 0.3) is 10.4 Å². The van der Waals surface area contributed by atoms with Crippen LogP contribution in [0.2, 0.25) is 5.02 Å². The summed E-state index contributed by atoms with van der Waals surface area (Å²) in [6, 6.07) is 22.8. The zero-order chi connectivity index (χ0) is 21.8. The monoisotopic (exact) mass is 470 g/mol. The van der Waals surface area contributed by atoms with Gasteiger partial charge in [-0.1, -0.05) is 54.1 Å². The molecule has 4 rings (SSSR count). The lowest BCUT2D eigenvalue weighted by Crippen LogP contribution is -2.32. The van der Waals surface area contributed by atoms with Gasteiger partial charge in [-0.25, -0.2) is 8.42 Å². The number of rotatable bonds is 6. The molecule has 9 heteroatoms. The highest BCUT2D eigenvalue weighted by molar-refractivity contribution is 7.99. The maximum atomic E-state index is 11.9. The molecule has 0 saturated heterocycles. The molecule has 0 aromatic heterocycles. The van der Waals surface area contributed by atoms with E-state index < -0.39 is 10.0 Å². The summed E-state index contributed by atoms with van der Waals surface area (Å²) < 4.78 is 26.6. The number of hydrogen-bond donors (Lipinski definition) is 0.